The number of aldehydes is 1. The van der Waals surface area contributed by atoms with Crippen LogP contribution in [0, 0.1) is 0 Å². The summed E-state index contributed by atoms with van der Waals surface area (Å²) in [6.07, 6.45) is 4.45. The van der Waals surface area contributed by atoms with Gasteiger partial charge in [0.1, 0.15) is 5.76 Å². The van der Waals surface area contributed by atoms with Crippen molar-refractivity contribution < 1.29 is 9.21 Å². The molecule has 0 saturated carbocycles. The van der Waals surface area contributed by atoms with Crippen molar-refractivity contribution in [3.05, 3.63) is 84.3 Å². The third-order valence-electron chi connectivity index (χ3n) is 4.05. The van der Waals surface area contributed by atoms with Crippen LogP contribution in [0.5, 0.6) is 0 Å². The molecule has 0 saturated heterocycles. The smallest absolute Gasteiger partial charge is 0.153 e. The zero-order valence-electron chi connectivity index (χ0n) is 12.5. The zero-order chi connectivity index (χ0) is 15.6. The number of aromatic nitrogens is 1. The largest absolute Gasteiger partial charge is 0.464 e. The van der Waals surface area contributed by atoms with E-state index in [0.717, 1.165) is 29.3 Å². The van der Waals surface area contributed by atoms with Crippen molar-refractivity contribution in [2.75, 3.05) is 0 Å². The van der Waals surface area contributed by atoms with E-state index in [0.29, 0.717) is 11.3 Å². The van der Waals surface area contributed by atoms with Crippen molar-refractivity contribution in [3.63, 3.8) is 0 Å². The van der Waals surface area contributed by atoms with Gasteiger partial charge in [-0.3, -0.25) is 4.79 Å². The Kier molecular flexibility index (Phi) is 3.31. The molecular formula is C20H15NO2. The molecule has 0 aliphatic rings. The lowest BCUT2D eigenvalue weighted by Gasteiger charge is -2.05. The van der Waals surface area contributed by atoms with E-state index in [4.69, 9.17) is 4.42 Å². The monoisotopic (exact) mass is 301 g/mol. The number of furan rings is 1. The van der Waals surface area contributed by atoms with Crippen LogP contribution in [0.3, 0.4) is 0 Å². The van der Waals surface area contributed by atoms with Gasteiger partial charge in [0.15, 0.2) is 6.29 Å². The van der Waals surface area contributed by atoms with Gasteiger partial charge in [0.2, 0.25) is 0 Å². The van der Waals surface area contributed by atoms with Crippen LogP contribution >= 0.6 is 0 Å². The second-order valence-electron chi connectivity index (χ2n) is 5.50. The summed E-state index contributed by atoms with van der Waals surface area (Å²) in [5.74, 6) is 0.628. The van der Waals surface area contributed by atoms with E-state index < -0.39 is 0 Å². The van der Waals surface area contributed by atoms with Crippen LogP contribution in [0.1, 0.15) is 15.9 Å². The van der Waals surface area contributed by atoms with Gasteiger partial charge in [-0.15, -0.1) is 0 Å². The Morgan fingerprint density at radius 2 is 1.74 bits per heavy atom. The van der Waals surface area contributed by atoms with Crippen LogP contribution < -0.4 is 0 Å². The highest BCUT2D eigenvalue weighted by Crippen LogP contribution is 2.33. The summed E-state index contributed by atoms with van der Waals surface area (Å²) >= 11 is 0. The number of benzene rings is 2. The number of carbonyl (C=O) groups is 1. The molecule has 2 aromatic carbocycles. The standard InChI is InChI=1S/C20H15NO2/c22-14-16-10-11-23-20(16)18-13-21(12-15-6-2-1-3-7-15)19-9-5-4-8-17(18)19/h1-11,13-14H,12H2. The molecule has 0 atom stereocenters. The van der Waals surface area contributed by atoms with E-state index in [2.05, 4.69) is 35.0 Å². The molecule has 0 unspecified atom stereocenters. The molecule has 2 aromatic heterocycles. The van der Waals surface area contributed by atoms with E-state index in [1.165, 1.54) is 5.56 Å². The van der Waals surface area contributed by atoms with Gasteiger partial charge >= 0.3 is 0 Å². The molecule has 0 fully saturated rings. The van der Waals surface area contributed by atoms with Gasteiger partial charge < -0.3 is 8.98 Å². The van der Waals surface area contributed by atoms with Crippen molar-refractivity contribution >= 4 is 17.2 Å². The number of para-hydroxylation sites is 1. The van der Waals surface area contributed by atoms with Crippen molar-refractivity contribution in [2.45, 2.75) is 6.54 Å². The molecule has 3 nitrogen and oxygen atoms in total. The van der Waals surface area contributed by atoms with E-state index in [1.54, 1.807) is 12.3 Å². The van der Waals surface area contributed by atoms with Crippen molar-refractivity contribution in [3.8, 4) is 11.3 Å². The summed E-state index contributed by atoms with van der Waals surface area (Å²) < 4.78 is 7.76. The number of hydrogen-bond acceptors (Lipinski definition) is 2. The Bertz CT molecular complexity index is 964. The first-order chi connectivity index (χ1) is 11.4. The predicted molar refractivity (Wildman–Crippen MR) is 90.6 cm³/mol. The molecule has 0 N–H and O–H groups in total. The number of rotatable bonds is 4. The van der Waals surface area contributed by atoms with Crippen LogP contribution in [-0.2, 0) is 6.54 Å². The van der Waals surface area contributed by atoms with Gasteiger partial charge in [-0.05, 0) is 17.7 Å². The second-order valence-corrected chi connectivity index (χ2v) is 5.50. The van der Waals surface area contributed by atoms with E-state index in [1.807, 2.05) is 30.3 Å². The normalized spacial score (nSPS) is 11.0. The van der Waals surface area contributed by atoms with Gasteiger partial charge in [0.25, 0.3) is 0 Å². The molecule has 4 aromatic rings. The number of carbonyl (C=O) groups excluding carboxylic acids is 1. The summed E-state index contributed by atoms with van der Waals surface area (Å²) in [5, 5.41) is 1.08. The van der Waals surface area contributed by atoms with Crippen LogP contribution in [0.15, 0.2) is 77.5 Å². The summed E-state index contributed by atoms with van der Waals surface area (Å²) in [6.45, 7) is 0.776. The van der Waals surface area contributed by atoms with Gasteiger partial charge in [-0.25, -0.2) is 0 Å². The minimum atomic E-state index is 0.576. The summed E-state index contributed by atoms with van der Waals surface area (Å²) in [4.78, 5) is 11.2. The fourth-order valence-corrected chi connectivity index (χ4v) is 2.97. The SMILES string of the molecule is O=Cc1ccoc1-c1cn(Cc2ccccc2)c2ccccc12. The van der Waals surface area contributed by atoms with Crippen LogP contribution in [0.4, 0.5) is 0 Å². The maximum absolute atomic E-state index is 11.2. The van der Waals surface area contributed by atoms with Gasteiger partial charge in [-0.1, -0.05) is 48.5 Å². The number of fused-ring (bicyclic) bond motifs is 1. The van der Waals surface area contributed by atoms with E-state index in [9.17, 15) is 4.79 Å². The quantitative estimate of drug-likeness (QED) is 0.509. The van der Waals surface area contributed by atoms with Crippen LogP contribution in [-0.4, -0.2) is 10.9 Å². The van der Waals surface area contributed by atoms with Crippen molar-refractivity contribution in [1.82, 2.24) is 4.57 Å². The summed E-state index contributed by atoms with van der Waals surface area (Å²) in [5.41, 5.74) is 3.88. The van der Waals surface area contributed by atoms with E-state index >= 15 is 0 Å². The molecule has 0 amide bonds. The van der Waals surface area contributed by atoms with Gasteiger partial charge in [0.05, 0.1) is 11.8 Å². The fraction of sp³-hybridized carbons (Fsp3) is 0.0500. The molecule has 0 radical (unpaired) electrons. The molecule has 0 aliphatic heterocycles. The maximum atomic E-state index is 11.2. The molecule has 0 bridgehead atoms. The second kappa shape index (κ2) is 5.61. The highest BCUT2D eigenvalue weighted by Gasteiger charge is 2.15. The maximum Gasteiger partial charge on any atom is 0.153 e. The molecule has 3 heteroatoms. The minimum Gasteiger partial charge on any atom is -0.464 e. The Morgan fingerprint density at radius 3 is 2.57 bits per heavy atom. The van der Waals surface area contributed by atoms with Crippen molar-refractivity contribution in [1.29, 1.82) is 0 Å². The minimum absolute atomic E-state index is 0.576. The molecule has 0 spiro atoms. The van der Waals surface area contributed by atoms with Crippen LogP contribution in [0.2, 0.25) is 0 Å². The highest BCUT2D eigenvalue weighted by atomic mass is 16.3. The van der Waals surface area contributed by atoms with Crippen LogP contribution in [0.25, 0.3) is 22.2 Å². The Morgan fingerprint density at radius 1 is 0.957 bits per heavy atom. The molecule has 112 valence electrons. The molecular weight excluding hydrogens is 286 g/mol. The summed E-state index contributed by atoms with van der Waals surface area (Å²) in [7, 11) is 0. The van der Waals surface area contributed by atoms with Gasteiger partial charge in [-0.2, -0.15) is 0 Å². The van der Waals surface area contributed by atoms with Crippen molar-refractivity contribution in [2.24, 2.45) is 0 Å². The Balaban J connectivity index is 1.88. The Hall–Kier alpha value is -3.07. The summed E-state index contributed by atoms with van der Waals surface area (Å²) in [6, 6.07) is 20.2. The lowest BCUT2D eigenvalue weighted by atomic mass is 10.1. The van der Waals surface area contributed by atoms with Gasteiger partial charge in [0, 0.05) is 29.2 Å². The lowest BCUT2D eigenvalue weighted by Crippen LogP contribution is -1.97. The Labute approximate surface area is 133 Å². The third kappa shape index (κ3) is 2.36. The average Bonchev–Trinajstić information content (AvgIpc) is 3.20. The first kappa shape index (κ1) is 13.6. The predicted octanol–water partition coefficient (Wildman–Crippen LogP) is 4.76. The zero-order valence-corrected chi connectivity index (χ0v) is 12.5. The third-order valence-corrected chi connectivity index (χ3v) is 4.05. The molecule has 4 rings (SSSR count). The number of nitrogens with zero attached hydrogens (tertiary/aromatic N) is 1. The average molecular weight is 301 g/mol. The highest BCUT2D eigenvalue weighted by molar-refractivity contribution is 5.98. The topological polar surface area (TPSA) is 35.1 Å². The number of hydrogen-bond donors (Lipinski definition) is 0. The first-order valence-electron chi connectivity index (χ1n) is 7.51. The molecule has 23 heavy (non-hydrogen) atoms. The molecule has 0 aliphatic carbocycles. The fourth-order valence-electron chi connectivity index (χ4n) is 2.97. The molecule has 2 heterocycles. The first-order valence-corrected chi connectivity index (χ1v) is 7.51. The lowest BCUT2D eigenvalue weighted by molar-refractivity contribution is 0.112. The van der Waals surface area contributed by atoms with E-state index in [-0.39, 0.29) is 0 Å².